The van der Waals surface area contributed by atoms with Crippen molar-refractivity contribution in [1.29, 1.82) is 0 Å². The van der Waals surface area contributed by atoms with E-state index >= 15 is 0 Å². The molecular formula is C20H23N3O3S. The number of anilines is 1. The van der Waals surface area contributed by atoms with Gasteiger partial charge in [0.1, 0.15) is 0 Å². The predicted octanol–water partition coefficient (Wildman–Crippen LogP) is 2.25. The summed E-state index contributed by atoms with van der Waals surface area (Å²) in [4.78, 5) is 14.0. The number of aryl methyl sites for hydroxylation is 1. The minimum atomic E-state index is -3.64. The Labute approximate surface area is 159 Å². The Hall–Kier alpha value is -2.22. The lowest BCUT2D eigenvalue weighted by atomic mass is 10.0. The number of rotatable bonds is 3. The van der Waals surface area contributed by atoms with Crippen LogP contribution in [0.4, 0.5) is 5.69 Å². The van der Waals surface area contributed by atoms with Gasteiger partial charge in [-0.25, -0.2) is 8.42 Å². The van der Waals surface area contributed by atoms with Crippen LogP contribution >= 0.6 is 0 Å². The average molecular weight is 385 g/mol. The first-order valence-electron chi connectivity index (χ1n) is 9.13. The van der Waals surface area contributed by atoms with Gasteiger partial charge in [0, 0.05) is 31.7 Å². The van der Waals surface area contributed by atoms with E-state index in [0.29, 0.717) is 43.1 Å². The second-order valence-corrected chi connectivity index (χ2v) is 9.06. The third-order valence-corrected chi connectivity index (χ3v) is 7.20. The van der Waals surface area contributed by atoms with Gasteiger partial charge in [-0.05, 0) is 42.8 Å². The first-order valence-corrected chi connectivity index (χ1v) is 10.6. The highest BCUT2D eigenvalue weighted by Gasteiger charge is 2.36. The van der Waals surface area contributed by atoms with Crippen LogP contribution in [-0.4, -0.2) is 50.2 Å². The number of carbonyl (C=O) groups is 1. The van der Waals surface area contributed by atoms with Crippen molar-refractivity contribution < 1.29 is 13.2 Å². The summed E-state index contributed by atoms with van der Waals surface area (Å²) in [6, 6.07) is 14.6. The maximum absolute atomic E-state index is 13.4. The molecule has 0 saturated carbocycles. The van der Waals surface area contributed by atoms with E-state index in [1.807, 2.05) is 37.4 Å². The smallest absolute Gasteiger partial charge is 0.243 e. The summed E-state index contributed by atoms with van der Waals surface area (Å²) in [5.41, 5.74) is 2.59. The molecule has 1 atom stereocenters. The van der Waals surface area contributed by atoms with E-state index in [9.17, 15) is 13.2 Å². The first-order chi connectivity index (χ1) is 12.9. The molecule has 1 N–H and O–H groups in total. The fourth-order valence-corrected chi connectivity index (χ4v) is 5.44. The van der Waals surface area contributed by atoms with Gasteiger partial charge in [-0.1, -0.05) is 30.3 Å². The van der Waals surface area contributed by atoms with Gasteiger partial charge in [0.15, 0.2) is 0 Å². The molecule has 1 amide bonds. The summed E-state index contributed by atoms with van der Waals surface area (Å²) in [5, 5.41) is 2.80. The number of hydrogen-bond acceptors (Lipinski definition) is 4. The van der Waals surface area contributed by atoms with Crippen LogP contribution in [-0.2, 0) is 21.2 Å². The number of sulfonamides is 1. The number of nitrogens with one attached hydrogen (secondary N) is 1. The first kappa shape index (κ1) is 18.2. The molecule has 27 heavy (non-hydrogen) atoms. The van der Waals surface area contributed by atoms with Gasteiger partial charge in [0.2, 0.25) is 15.9 Å². The van der Waals surface area contributed by atoms with Crippen LogP contribution in [0.1, 0.15) is 23.6 Å². The molecule has 0 bridgehead atoms. The molecule has 0 aromatic heterocycles. The molecule has 142 valence electrons. The number of fused-ring (bicyclic) bond motifs is 1. The van der Waals surface area contributed by atoms with Crippen LogP contribution in [0.15, 0.2) is 53.4 Å². The number of piperazine rings is 1. The molecule has 0 aliphatic carbocycles. The molecule has 1 saturated heterocycles. The van der Waals surface area contributed by atoms with Gasteiger partial charge in [-0.2, -0.15) is 4.31 Å². The third-order valence-electron chi connectivity index (χ3n) is 5.30. The topological polar surface area (TPSA) is 69.7 Å². The Morgan fingerprint density at radius 1 is 1.04 bits per heavy atom. The van der Waals surface area contributed by atoms with E-state index in [-0.39, 0.29) is 11.9 Å². The molecule has 2 aromatic carbocycles. The molecular weight excluding hydrogens is 362 g/mol. The molecule has 2 aliphatic heterocycles. The number of benzene rings is 2. The van der Waals surface area contributed by atoms with Gasteiger partial charge in [-0.3, -0.25) is 4.79 Å². The minimum absolute atomic E-state index is 0.0266. The van der Waals surface area contributed by atoms with Crippen LogP contribution < -0.4 is 5.32 Å². The van der Waals surface area contributed by atoms with Gasteiger partial charge in [0.25, 0.3) is 0 Å². The van der Waals surface area contributed by atoms with Crippen molar-refractivity contribution >= 4 is 21.6 Å². The lowest BCUT2D eigenvalue weighted by Crippen LogP contribution is -2.49. The van der Waals surface area contributed by atoms with Crippen molar-refractivity contribution in [3.8, 4) is 0 Å². The molecule has 2 aliphatic rings. The Kier molecular flexibility index (Phi) is 4.75. The largest absolute Gasteiger partial charge is 0.326 e. The lowest BCUT2D eigenvalue weighted by Gasteiger charge is -2.39. The quantitative estimate of drug-likeness (QED) is 0.880. The monoisotopic (exact) mass is 385 g/mol. The Balaban J connectivity index is 1.70. The Bertz CT molecular complexity index is 960. The maximum Gasteiger partial charge on any atom is 0.243 e. The highest BCUT2D eigenvalue weighted by Crippen LogP contribution is 2.33. The van der Waals surface area contributed by atoms with E-state index in [1.165, 1.54) is 0 Å². The molecule has 4 rings (SSSR count). The van der Waals surface area contributed by atoms with Crippen LogP contribution in [0.25, 0.3) is 0 Å². The van der Waals surface area contributed by atoms with Gasteiger partial charge in [-0.15, -0.1) is 0 Å². The van der Waals surface area contributed by atoms with Crippen molar-refractivity contribution in [3.05, 3.63) is 59.7 Å². The van der Waals surface area contributed by atoms with Crippen molar-refractivity contribution in [2.45, 2.75) is 23.8 Å². The summed E-state index contributed by atoms with van der Waals surface area (Å²) in [6.07, 6.45) is 0.951. The van der Waals surface area contributed by atoms with Crippen LogP contribution in [0.2, 0.25) is 0 Å². The van der Waals surface area contributed by atoms with E-state index in [0.717, 1.165) is 11.1 Å². The summed E-state index contributed by atoms with van der Waals surface area (Å²) in [7, 11) is -1.62. The maximum atomic E-state index is 13.4. The second kappa shape index (κ2) is 7.07. The predicted molar refractivity (Wildman–Crippen MR) is 104 cm³/mol. The highest BCUT2D eigenvalue weighted by molar-refractivity contribution is 7.89. The fraction of sp³-hybridized carbons (Fsp3) is 0.350. The SMILES string of the molecule is CN1CCN(S(=O)(=O)c2ccc3c(c2)CCC(=O)N3)[C@H](c2ccccc2)C1. The fourth-order valence-electron chi connectivity index (χ4n) is 3.79. The summed E-state index contributed by atoms with van der Waals surface area (Å²) in [5.74, 6) is -0.0266. The second-order valence-electron chi connectivity index (χ2n) is 7.17. The molecule has 0 spiro atoms. The number of hydrogen-bond donors (Lipinski definition) is 1. The van der Waals surface area contributed by atoms with Crippen molar-refractivity contribution in [2.24, 2.45) is 0 Å². The average Bonchev–Trinajstić information content (AvgIpc) is 2.68. The standard InChI is InChI=1S/C20H23N3O3S/c1-22-11-12-23(19(14-22)15-5-3-2-4-6-15)27(25,26)17-8-9-18-16(13-17)7-10-20(24)21-18/h2-6,8-9,13,19H,7,10-12,14H2,1H3,(H,21,24)/t19-/m0/s1. The van der Waals surface area contributed by atoms with Gasteiger partial charge < -0.3 is 10.2 Å². The molecule has 1 fully saturated rings. The zero-order valence-corrected chi connectivity index (χ0v) is 16.1. The van der Waals surface area contributed by atoms with Crippen LogP contribution in [0, 0.1) is 0 Å². The molecule has 0 radical (unpaired) electrons. The molecule has 2 heterocycles. The van der Waals surface area contributed by atoms with E-state index in [1.54, 1.807) is 22.5 Å². The van der Waals surface area contributed by atoms with Crippen molar-refractivity contribution in [1.82, 2.24) is 9.21 Å². The molecule has 0 unspecified atom stereocenters. The summed E-state index contributed by atoms with van der Waals surface area (Å²) in [6.45, 7) is 1.81. The van der Waals surface area contributed by atoms with E-state index in [2.05, 4.69) is 10.2 Å². The van der Waals surface area contributed by atoms with Gasteiger partial charge in [0.05, 0.1) is 10.9 Å². The van der Waals surface area contributed by atoms with Crippen LogP contribution in [0.3, 0.4) is 0 Å². The summed E-state index contributed by atoms with van der Waals surface area (Å²) < 4.78 is 28.5. The zero-order valence-electron chi connectivity index (χ0n) is 15.3. The molecule has 6 nitrogen and oxygen atoms in total. The normalized spacial score (nSPS) is 21.5. The van der Waals surface area contributed by atoms with Gasteiger partial charge >= 0.3 is 0 Å². The number of amides is 1. The lowest BCUT2D eigenvalue weighted by molar-refractivity contribution is -0.116. The van der Waals surface area contributed by atoms with E-state index in [4.69, 9.17) is 0 Å². The Morgan fingerprint density at radius 2 is 1.81 bits per heavy atom. The third kappa shape index (κ3) is 3.50. The number of nitrogens with zero attached hydrogens (tertiary/aromatic N) is 2. The van der Waals surface area contributed by atoms with Crippen molar-refractivity contribution in [2.75, 3.05) is 32.0 Å². The number of likely N-dealkylation sites (N-methyl/N-ethyl adjacent to an activating group) is 1. The van der Waals surface area contributed by atoms with Crippen molar-refractivity contribution in [3.63, 3.8) is 0 Å². The molecule has 2 aromatic rings. The zero-order chi connectivity index (χ0) is 19.0. The Morgan fingerprint density at radius 3 is 2.59 bits per heavy atom. The molecule has 7 heteroatoms. The summed E-state index contributed by atoms with van der Waals surface area (Å²) >= 11 is 0. The highest BCUT2D eigenvalue weighted by atomic mass is 32.2. The van der Waals surface area contributed by atoms with E-state index < -0.39 is 10.0 Å². The minimum Gasteiger partial charge on any atom is -0.326 e. The van der Waals surface area contributed by atoms with Crippen LogP contribution in [0.5, 0.6) is 0 Å². The number of carbonyl (C=O) groups excluding carboxylic acids is 1.